The molecule has 0 heterocycles. The molecular weight excluding hydrogens is 416 g/mol. The van der Waals surface area contributed by atoms with Gasteiger partial charge >= 0.3 is 5.97 Å². The fourth-order valence-corrected chi connectivity index (χ4v) is 2.99. The van der Waals surface area contributed by atoms with Crippen LogP contribution in [0.15, 0.2) is 78.9 Å². The molecule has 0 aromatic heterocycles. The van der Waals surface area contributed by atoms with Gasteiger partial charge in [-0.05, 0) is 48.4 Å². The van der Waals surface area contributed by atoms with E-state index < -0.39 is 23.9 Å². The summed E-state index contributed by atoms with van der Waals surface area (Å²) in [6.07, 6.45) is -1.03. The number of amides is 2. The van der Waals surface area contributed by atoms with Crippen LogP contribution in [0.2, 0.25) is 5.02 Å². The molecule has 1 atom stereocenters. The molecule has 0 unspecified atom stereocenters. The maximum absolute atomic E-state index is 12.3. The van der Waals surface area contributed by atoms with Gasteiger partial charge in [-0.15, -0.1) is 0 Å². The molecule has 0 radical (unpaired) electrons. The van der Waals surface area contributed by atoms with Gasteiger partial charge in [-0.3, -0.25) is 14.4 Å². The highest BCUT2D eigenvalue weighted by molar-refractivity contribution is 6.30. The lowest BCUT2D eigenvalue weighted by Gasteiger charge is -2.14. The van der Waals surface area contributed by atoms with E-state index in [4.69, 9.17) is 16.3 Å². The molecule has 2 N–H and O–H groups in total. The zero-order chi connectivity index (χ0) is 22.2. The van der Waals surface area contributed by atoms with E-state index >= 15 is 0 Å². The number of rotatable bonds is 7. The van der Waals surface area contributed by atoms with Crippen LogP contribution in [-0.4, -0.2) is 30.4 Å². The molecule has 3 rings (SSSR count). The number of hydrogen-bond acceptors (Lipinski definition) is 4. The first-order valence-electron chi connectivity index (χ1n) is 9.62. The van der Waals surface area contributed by atoms with Gasteiger partial charge in [0.25, 0.3) is 11.8 Å². The Bertz CT molecular complexity index is 1070. The minimum atomic E-state index is -1.03. The van der Waals surface area contributed by atoms with Crippen molar-refractivity contribution >= 4 is 35.1 Å². The summed E-state index contributed by atoms with van der Waals surface area (Å²) in [6.45, 7) is 1.09. The van der Waals surface area contributed by atoms with Gasteiger partial charge in [0.2, 0.25) is 0 Å². The van der Waals surface area contributed by atoms with Crippen LogP contribution in [-0.2, 0) is 14.3 Å². The fraction of sp³-hybridized carbons (Fsp3) is 0.125. The molecule has 31 heavy (non-hydrogen) atoms. The predicted octanol–water partition coefficient (Wildman–Crippen LogP) is 4.31. The third kappa shape index (κ3) is 6.42. The quantitative estimate of drug-likeness (QED) is 0.540. The van der Waals surface area contributed by atoms with Crippen molar-refractivity contribution < 1.29 is 19.1 Å². The zero-order valence-corrected chi connectivity index (χ0v) is 17.6. The van der Waals surface area contributed by atoms with Crippen LogP contribution in [0.1, 0.15) is 17.3 Å². The largest absolute Gasteiger partial charge is 0.451 e. The van der Waals surface area contributed by atoms with Gasteiger partial charge in [0.15, 0.2) is 6.10 Å². The van der Waals surface area contributed by atoms with E-state index in [1.807, 2.05) is 42.5 Å². The first-order chi connectivity index (χ1) is 14.9. The molecule has 3 aromatic carbocycles. The molecule has 0 bridgehead atoms. The minimum Gasteiger partial charge on any atom is -0.451 e. The van der Waals surface area contributed by atoms with Gasteiger partial charge in [0.1, 0.15) is 6.54 Å². The van der Waals surface area contributed by atoms with Gasteiger partial charge in [-0.2, -0.15) is 0 Å². The molecule has 0 aliphatic carbocycles. The smallest absolute Gasteiger partial charge is 0.326 e. The lowest BCUT2D eigenvalue weighted by Crippen LogP contribution is -2.35. The van der Waals surface area contributed by atoms with Crippen molar-refractivity contribution in [1.82, 2.24) is 5.32 Å². The standard InChI is InChI=1S/C24H21ClN2O4/c1-16(23(29)27-21-9-5-8-20(25)14-21)31-22(28)15-26-24(30)19-12-10-18(11-13-19)17-6-3-2-4-7-17/h2-14,16H,15H2,1H3,(H,26,30)(H,27,29)/t16-/m0/s1. The predicted molar refractivity (Wildman–Crippen MR) is 120 cm³/mol. The summed E-state index contributed by atoms with van der Waals surface area (Å²) >= 11 is 5.88. The van der Waals surface area contributed by atoms with Crippen molar-refractivity contribution in [2.24, 2.45) is 0 Å². The van der Waals surface area contributed by atoms with Crippen molar-refractivity contribution in [3.63, 3.8) is 0 Å². The number of halogens is 1. The van der Waals surface area contributed by atoms with Crippen molar-refractivity contribution in [3.05, 3.63) is 89.4 Å². The Kier molecular flexibility index (Phi) is 7.40. The summed E-state index contributed by atoms with van der Waals surface area (Å²) in [4.78, 5) is 36.4. The van der Waals surface area contributed by atoms with Crippen LogP contribution in [0.25, 0.3) is 11.1 Å². The Labute approximate surface area is 185 Å². The van der Waals surface area contributed by atoms with Gasteiger partial charge in [-0.25, -0.2) is 0 Å². The van der Waals surface area contributed by atoms with Crippen molar-refractivity contribution in [2.45, 2.75) is 13.0 Å². The molecule has 158 valence electrons. The maximum Gasteiger partial charge on any atom is 0.326 e. The number of hydrogen-bond donors (Lipinski definition) is 2. The van der Waals surface area contributed by atoms with Crippen molar-refractivity contribution in [1.29, 1.82) is 0 Å². The Balaban J connectivity index is 1.47. The number of carbonyl (C=O) groups excluding carboxylic acids is 3. The average molecular weight is 437 g/mol. The van der Waals surface area contributed by atoms with E-state index in [2.05, 4.69) is 10.6 Å². The topological polar surface area (TPSA) is 84.5 Å². The number of nitrogens with one attached hydrogen (secondary N) is 2. The molecule has 0 aliphatic heterocycles. The Hall–Kier alpha value is -3.64. The summed E-state index contributed by atoms with van der Waals surface area (Å²) in [5.41, 5.74) is 2.94. The lowest BCUT2D eigenvalue weighted by molar-refractivity contribution is -0.152. The van der Waals surface area contributed by atoms with Crippen LogP contribution < -0.4 is 10.6 Å². The molecule has 0 aliphatic rings. The molecule has 0 spiro atoms. The van der Waals surface area contributed by atoms with Gasteiger partial charge < -0.3 is 15.4 Å². The monoisotopic (exact) mass is 436 g/mol. The van der Waals surface area contributed by atoms with E-state index in [9.17, 15) is 14.4 Å². The summed E-state index contributed by atoms with van der Waals surface area (Å²) in [6, 6.07) is 23.4. The van der Waals surface area contributed by atoms with Crippen LogP contribution >= 0.6 is 11.6 Å². The molecule has 7 heteroatoms. The highest BCUT2D eigenvalue weighted by atomic mass is 35.5. The summed E-state index contributed by atoms with van der Waals surface area (Å²) < 4.78 is 5.08. The van der Waals surface area contributed by atoms with E-state index in [1.165, 1.54) is 6.92 Å². The zero-order valence-electron chi connectivity index (χ0n) is 16.8. The molecule has 0 saturated carbocycles. The second-order valence-corrected chi connectivity index (χ2v) is 7.19. The van der Waals surface area contributed by atoms with Gasteiger partial charge in [0, 0.05) is 16.3 Å². The van der Waals surface area contributed by atoms with Crippen molar-refractivity contribution in [3.8, 4) is 11.1 Å². The maximum atomic E-state index is 12.3. The van der Waals surface area contributed by atoms with Gasteiger partial charge in [-0.1, -0.05) is 60.1 Å². The van der Waals surface area contributed by atoms with E-state index in [-0.39, 0.29) is 6.54 Å². The Morgan fingerprint density at radius 1 is 0.903 bits per heavy atom. The first kappa shape index (κ1) is 22.1. The molecular formula is C24H21ClN2O4. The van der Waals surface area contributed by atoms with E-state index in [1.54, 1.807) is 36.4 Å². The first-order valence-corrected chi connectivity index (χ1v) is 10.00. The molecule has 2 amide bonds. The second kappa shape index (κ2) is 10.4. The highest BCUT2D eigenvalue weighted by Crippen LogP contribution is 2.19. The number of benzene rings is 3. The summed E-state index contributed by atoms with van der Waals surface area (Å²) in [5.74, 6) is -1.63. The van der Waals surface area contributed by atoms with E-state index in [0.717, 1.165) is 11.1 Å². The van der Waals surface area contributed by atoms with Crippen LogP contribution in [0.4, 0.5) is 5.69 Å². The Morgan fingerprint density at radius 3 is 2.26 bits per heavy atom. The summed E-state index contributed by atoms with van der Waals surface area (Å²) in [5, 5.41) is 5.58. The average Bonchev–Trinajstić information content (AvgIpc) is 2.78. The number of carbonyl (C=O) groups is 3. The van der Waals surface area contributed by atoms with Gasteiger partial charge in [0.05, 0.1) is 0 Å². The molecule has 3 aromatic rings. The lowest BCUT2D eigenvalue weighted by atomic mass is 10.0. The normalized spacial score (nSPS) is 11.3. The van der Waals surface area contributed by atoms with E-state index in [0.29, 0.717) is 16.3 Å². The van der Waals surface area contributed by atoms with Crippen molar-refractivity contribution in [2.75, 3.05) is 11.9 Å². The third-order valence-corrected chi connectivity index (χ3v) is 4.65. The molecule has 0 saturated heterocycles. The number of anilines is 1. The Morgan fingerprint density at radius 2 is 1.58 bits per heavy atom. The highest BCUT2D eigenvalue weighted by Gasteiger charge is 2.18. The third-order valence-electron chi connectivity index (χ3n) is 4.42. The number of ether oxygens (including phenoxy) is 1. The second-order valence-electron chi connectivity index (χ2n) is 6.76. The number of esters is 1. The molecule has 6 nitrogen and oxygen atoms in total. The molecule has 0 fully saturated rings. The van der Waals surface area contributed by atoms with Crippen LogP contribution in [0.5, 0.6) is 0 Å². The summed E-state index contributed by atoms with van der Waals surface area (Å²) in [7, 11) is 0. The van der Waals surface area contributed by atoms with Crippen LogP contribution in [0, 0.1) is 0 Å². The minimum absolute atomic E-state index is 0.353. The fourth-order valence-electron chi connectivity index (χ4n) is 2.80. The van der Waals surface area contributed by atoms with Crippen LogP contribution in [0.3, 0.4) is 0 Å². The SMILES string of the molecule is C[C@H](OC(=O)CNC(=O)c1ccc(-c2ccccc2)cc1)C(=O)Nc1cccc(Cl)c1.